The summed E-state index contributed by atoms with van der Waals surface area (Å²) in [4.78, 5) is 7.14. The summed E-state index contributed by atoms with van der Waals surface area (Å²) in [7, 11) is 4.32. The Bertz CT molecular complexity index is 556. The Kier molecular flexibility index (Phi) is 10.5. The van der Waals surface area contributed by atoms with Crippen molar-refractivity contribution in [2.75, 3.05) is 40.4 Å². The first-order valence-electron chi connectivity index (χ1n) is 9.45. The van der Waals surface area contributed by atoms with Gasteiger partial charge in [-0.25, -0.2) is 4.99 Å². The molecule has 0 aromatic heterocycles. The minimum Gasteiger partial charge on any atom is -0.381 e. The molecule has 1 heterocycles. The van der Waals surface area contributed by atoms with Gasteiger partial charge in [-0.05, 0) is 51.4 Å². The van der Waals surface area contributed by atoms with Gasteiger partial charge in [0.2, 0.25) is 0 Å². The number of likely N-dealkylation sites (N-methyl/N-ethyl adjacent to an activating group) is 1. The van der Waals surface area contributed by atoms with Crippen molar-refractivity contribution in [3.63, 3.8) is 0 Å². The van der Waals surface area contributed by atoms with Gasteiger partial charge in [-0.15, -0.1) is 24.0 Å². The topological polar surface area (TPSA) is 48.9 Å². The highest BCUT2D eigenvalue weighted by atomic mass is 127. The Morgan fingerprint density at radius 2 is 1.77 bits per heavy atom. The standard InChI is InChI=1S/C20H34N4O.HI/c1-5-17-9-7-8-10-18(17)15-22-19(21-6-2)23-16-20(24(3)4)11-13-25-14-12-20;/h7-10H,5-6,11-16H2,1-4H3,(H2,21,22,23);1H. The number of benzene rings is 1. The van der Waals surface area contributed by atoms with E-state index in [-0.39, 0.29) is 29.5 Å². The van der Waals surface area contributed by atoms with Crippen molar-refractivity contribution < 1.29 is 4.74 Å². The highest BCUT2D eigenvalue weighted by Crippen LogP contribution is 2.25. The van der Waals surface area contributed by atoms with Crippen LogP contribution in [0.15, 0.2) is 29.3 Å². The molecule has 1 aliphatic heterocycles. The number of nitrogens with zero attached hydrogens (tertiary/aromatic N) is 2. The molecule has 1 aliphatic rings. The molecular weight excluding hydrogens is 439 g/mol. The Morgan fingerprint density at radius 1 is 1.12 bits per heavy atom. The Morgan fingerprint density at radius 3 is 2.35 bits per heavy atom. The minimum absolute atomic E-state index is 0. The summed E-state index contributed by atoms with van der Waals surface area (Å²) in [5.41, 5.74) is 2.81. The van der Waals surface area contributed by atoms with Crippen molar-refractivity contribution in [1.82, 2.24) is 15.5 Å². The molecule has 0 atom stereocenters. The first-order chi connectivity index (χ1) is 12.1. The van der Waals surface area contributed by atoms with E-state index in [1.54, 1.807) is 0 Å². The summed E-state index contributed by atoms with van der Waals surface area (Å²) in [6.07, 6.45) is 3.13. The number of rotatable bonds is 7. The van der Waals surface area contributed by atoms with Crippen LogP contribution in [0.1, 0.15) is 37.8 Å². The van der Waals surface area contributed by atoms with Crippen LogP contribution >= 0.6 is 24.0 Å². The van der Waals surface area contributed by atoms with Gasteiger partial charge in [-0.1, -0.05) is 31.2 Å². The number of hydrogen-bond donors (Lipinski definition) is 2. The predicted octanol–water partition coefficient (Wildman–Crippen LogP) is 3.03. The molecule has 26 heavy (non-hydrogen) atoms. The molecule has 0 spiro atoms. The lowest BCUT2D eigenvalue weighted by Gasteiger charge is -2.43. The van der Waals surface area contributed by atoms with E-state index in [1.807, 2.05) is 0 Å². The molecule has 1 aromatic carbocycles. The monoisotopic (exact) mass is 474 g/mol. The quantitative estimate of drug-likeness (QED) is 0.363. The van der Waals surface area contributed by atoms with Gasteiger partial charge in [0.15, 0.2) is 5.96 Å². The summed E-state index contributed by atoms with van der Waals surface area (Å²) in [5, 5.41) is 6.94. The third-order valence-electron chi connectivity index (χ3n) is 5.21. The van der Waals surface area contributed by atoms with Crippen molar-refractivity contribution in [2.45, 2.75) is 45.2 Å². The van der Waals surface area contributed by atoms with Crippen LogP contribution in [-0.2, 0) is 17.7 Å². The highest BCUT2D eigenvalue weighted by molar-refractivity contribution is 14.0. The van der Waals surface area contributed by atoms with Crippen LogP contribution in [-0.4, -0.2) is 56.8 Å². The van der Waals surface area contributed by atoms with Crippen molar-refractivity contribution >= 4 is 29.9 Å². The molecule has 1 fully saturated rings. The maximum Gasteiger partial charge on any atom is 0.191 e. The van der Waals surface area contributed by atoms with Crippen LogP contribution < -0.4 is 10.6 Å². The van der Waals surface area contributed by atoms with Gasteiger partial charge in [-0.2, -0.15) is 0 Å². The lowest BCUT2D eigenvalue weighted by molar-refractivity contribution is -0.00501. The maximum absolute atomic E-state index is 5.56. The fourth-order valence-corrected chi connectivity index (χ4v) is 3.34. The fourth-order valence-electron chi connectivity index (χ4n) is 3.34. The molecule has 1 saturated heterocycles. The highest BCUT2D eigenvalue weighted by Gasteiger charge is 2.34. The number of hydrogen-bond acceptors (Lipinski definition) is 3. The largest absolute Gasteiger partial charge is 0.381 e. The van der Waals surface area contributed by atoms with E-state index >= 15 is 0 Å². The number of halogens is 1. The SMILES string of the molecule is CCNC(=NCc1ccccc1CC)NCC1(N(C)C)CCOCC1.I. The Hall–Kier alpha value is -0.860. The summed E-state index contributed by atoms with van der Waals surface area (Å²) < 4.78 is 5.56. The lowest BCUT2D eigenvalue weighted by atomic mass is 9.88. The zero-order valence-corrected chi connectivity index (χ0v) is 19.0. The van der Waals surface area contributed by atoms with Crippen molar-refractivity contribution in [3.8, 4) is 0 Å². The van der Waals surface area contributed by atoms with Crippen molar-refractivity contribution in [3.05, 3.63) is 35.4 Å². The zero-order chi connectivity index (χ0) is 18.1. The van der Waals surface area contributed by atoms with Crippen LogP contribution in [0, 0.1) is 0 Å². The number of nitrogens with one attached hydrogen (secondary N) is 2. The summed E-state index contributed by atoms with van der Waals surface area (Å²) >= 11 is 0. The van der Waals surface area contributed by atoms with Crippen LogP contribution in [0.5, 0.6) is 0 Å². The number of guanidine groups is 1. The van der Waals surface area contributed by atoms with Crippen LogP contribution in [0.25, 0.3) is 0 Å². The van der Waals surface area contributed by atoms with Gasteiger partial charge in [0, 0.05) is 31.8 Å². The Balaban J connectivity index is 0.00000338. The molecular formula is C20H35IN4O. The molecule has 0 radical (unpaired) electrons. The fraction of sp³-hybridized carbons (Fsp3) is 0.650. The van der Waals surface area contributed by atoms with Gasteiger partial charge in [0.05, 0.1) is 6.54 Å². The molecule has 148 valence electrons. The number of ether oxygens (including phenoxy) is 1. The third kappa shape index (κ3) is 6.39. The molecule has 2 N–H and O–H groups in total. The van der Waals surface area contributed by atoms with E-state index in [1.165, 1.54) is 11.1 Å². The molecule has 0 bridgehead atoms. The molecule has 2 rings (SSSR count). The van der Waals surface area contributed by atoms with Crippen LogP contribution in [0.2, 0.25) is 0 Å². The maximum atomic E-state index is 5.56. The minimum atomic E-state index is 0. The van der Waals surface area contributed by atoms with E-state index in [9.17, 15) is 0 Å². The van der Waals surface area contributed by atoms with E-state index in [4.69, 9.17) is 9.73 Å². The first kappa shape index (κ1) is 23.2. The molecule has 0 unspecified atom stereocenters. The van der Waals surface area contributed by atoms with Crippen molar-refractivity contribution in [2.24, 2.45) is 4.99 Å². The second-order valence-corrected chi connectivity index (χ2v) is 6.90. The zero-order valence-electron chi connectivity index (χ0n) is 16.7. The van der Waals surface area contributed by atoms with Gasteiger partial charge in [0.25, 0.3) is 0 Å². The first-order valence-corrected chi connectivity index (χ1v) is 9.45. The predicted molar refractivity (Wildman–Crippen MR) is 121 cm³/mol. The van der Waals surface area contributed by atoms with Crippen molar-refractivity contribution in [1.29, 1.82) is 0 Å². The van der Waals surface area contributed by atoms with Gasteiger partial charge < -0.3 is 20.3 Å². The average Bonchev–Trinajstić information content (AvgIpc) is 2.65. The smallest absolute Gasteiger partial charge is 0.191 e. The molecule has 5 nitrogen and oxygen atoms in total. The van der Waals surface area contributed by atoms with E-state index in [0.717, 1.165) is 51.5 Å². The Labute approximate surface area is 176 Å². The summed E-state index contributed by atoms with van der Waals surface area (Å²) in [5.74, 6) is 0.890. The molecule has 0 saturated carbocycles. The third-order valence-corrected chi connectivity index (χ3v) is 5.21. The van der Waals surface area contributed by atoms with Crippen LogP contribution in [0.3, 0.4) is 0 Å². The lowest BCUT2D eigenvalue weighted by Crippen LogP contribution is -2.57. The molecule has 0 amide bonds. The molecule has 1 aromatic rings. The summed E-state index contributed by atoms with van der Waals surface area (Å²) in [6.45, 7) is 8.40. The molecule has 0 aliphatic carbocycles. The average molecular weight is 474 g/mol. The normalized spacial score (nSPS) is 16.9. The van der Waals surface area contributed by atoms with E-state index < -0.39 is 0 Å². The number of aryl methyl sites for hydroxylation is 1. The van der Waals surface area contributed by atoms with Gasteiger partial charge >= 0.3 is 0 Å². The summed E-state index contributed by atoms with van der Waals surface area (Å²) in [6, 6.07) is 8.55. The van der Waals surface area contributed by atoms with Gasteiger partial charge in [-0.3, -0.25) is 0 Å². The van der Waals surface area contributed by atoms with E-state index in [0.29, 0.717) is 6.54 Å². The second kappa shape index (κ2) is 11.8. The van der Waals surface area contributed by atoms with E-state index in [2.05, 4.69) is 67.7 Å². The number of aliphatic imine (C=N–C) groups is 1. The second-order valence-electron chi connectivity index (χ2n) is 6.90. The van der Waals surface area contributed by atoms with Crippen LogP contribution in [0.4, 0.5) is 0 Å². The molecule has 6 heteroatoms. The van der Waals surface area contributed by atoms with Gasteiger partial charge in [0.1, 0.15) is 0 Å².